The fourth-order valence-corrected chi connectivity index (χ4v) is 5.50. The molecule has 0 aliphatic rings. The van der Waals surface area contributed by atoms with Gasteiger partial charge in [-0.3, -0.25) is 9.59 Å². The summed E-state index contributed by atoms with van der Waals surface area (Å²) in [7, 11) is 0. The maximum Gasteiger partial charge on any atom is 0.408 e. The number of aliphatic hydroxyl groups is 2. The number of aliphatic hydroxyl groups excluding tert-OH is 2. The first-order chi connectivity index (χ1) is 24.6. The molecule has 3 rings (SSSR count). The number of alkyl carbamates (subject to hydrolysis) is 2. The molecule has 0 aliphatic carbocycles. The van der Waals surface area contributed by atoms with E-state index < -0.39 is 66.0 Å². The second-order valence-corrected chi connectivity index (χ2v) is 14.5. The van der Waals surface area contributed by atoms with Crippen molar-refractivity contribution in [2.75, 3.05) is 0 Å². The van der Waals surface area contributed by atoms with E-state index >= 15 is 0 Å². The van der Waals surface area contributed by atoms with Gasteiger partial charge in [0.05, 0.1) is 12.1 Å². The zero-order chi connectivity index (χ0) is 38.4. The summed E-state index contributed by atoms with van der Waals surface area (Å²) < 4.78 is 10.7. The Morgan fingerprint density at radius 3 is 1.58 bits per heavy atom. The van der Waals surface area contributed by atoms with Crippen molar-refractivity contribution >= 4 is 24.0 Å². The van der Waals surface area contributed by atoms with Gasteiger partial charge in [0, 0.05) is 0 Å². The van der Waals surface area contributed by atoms with Crippen LogP contribution in [-0.2, 0) is 32.1 Å². The van der Waals surface area contributed by atoms with E-state index in [1.165, 1.54) is 0 Å². The van der Waals surface area contributed by atoms with Gasteiger partial charge < -0.3 is 41.0 Å². The zero-order valence-corrected chi connectivity index (χ0v) is 31.0. The van der Waals surface area contributed by atoms with Gasteiger partial charge in [-0.25, -0.2) is 9.59 Å². The van der Waals surface area contributed by atoms with Gasteiger partial charge in [0.2, 0.25) is 11.8 Å². The average Bonchev–Trinajstić information content (AvgIpc) is 3.10. The number of benzene rings is 3. The quantitative estimate of drug-likeness (QED) is 0.123. The standard InChI is InChI=1S/C40H54N4O8/c1-25(2)31(43-38(49)51-24-28-19-13-9-14-20-28)36(47)41-30(23-27-17-11-8-12-18-27)34(45)35(46)33(29-21-15-10-16-22-29)42-37(48)32(26(3)4)44-39(50)52-40(5,6)7/h8-22,25-26,30-35,45-46H,23-24H2,1-7H3,(H,41,47)(H,42,48)(H,43,49)(H,44,50)/t30-,31-,32-,33-,34+,35+/m0/s1. The molecule has 0 saturated carbocycles. The van der Waals surface area contributed by atoms with Crippen molar-refractivity contribution in [3.8, 4) is 0 Å². The Hall–Kier alpha value is -4.94. The first-order valence-corrected chi connectivity index (χ1v) is 17.6. The highest BCUT2D eigenvalue weighted by Gasteiger charge is 2.38. The van der Waals surface area contributed by atoms with Crippen molar-refractivity contribution < 1.29 is 38.9 Å². The molecule has 6 atom stereocenters. The first-order valence-electron chi connectivity index (χ1n) is 17.6. The molecule has 0 spiro atoms. The summed E-state index contributed by atoms with van der Waals surface area (Å²) in [5, 5.41) is 34.6. The number of hydrogen-bond donors (Lipinski definition) is 6. The minimum absolute atomic E-state index is 0.0121. The van der Waals surface area contributed by atoms with Crippen LogP contribution in [0.3, 0.4) is 0 Å². The van der Waals surface area contributed by atoms with Crippen LogP contribution in [0.1, 0.15) is 71.2 Å². The van der Waals surface area contributed by atoms with Crippen molar-refractivity contribution in [1.29, 1.82) is 0 Å². The van der Waals surface area contributed by atoms with Crippen LogP contribution in [0, 0.1) is 11.8 Å². The minimum atomic E-state index is -1.64. The van der Waals surface area contributed by atoms with Crippen LogP contribution >= 0.6 is 0 Å². The summed E-state index contributed by atoms with van der Waals surface area (Å²) in [5.41, 5.74) is 1.23. The van der Waals surface area contributed by atoms with Crippen molar-refractivity contribution in [3.05, 3.63) is 108 Å². The molecule has 6 N–H and O–H groups in total. The second kappa shape index (κ2) is 19.6. The highest BCUT2D eigenvalue weighted by Crippen LogP contribution is 2.23. The normalized spacial score (nSPS) is 15.0. The third-order valence-electron chi connectivity index (χ3n) is 8.24. The number of nitrogens with one attached hydrogen (secondary N) is 4. The summed E-state index contributed by atoms with van der Waals surface area (Å²) in [6.07, 6.45) is -4.72. The number of ether oxygens (including phenoxy) is 2. The Bertz CT molecular complexity index is 1560. The molecule has 52 heavy (non-hydrogen) atoms. The monoisotopic (exact) mass is 718 g/mol. The molecule has 0 unspecified atom stereocenters. The van der Waals surface area contributed by atoms with Crippen LogP contribution in [0.2, 0.25) is 0 Å². The maximum atomic E-state index is 13.8. The molecule has 0 bridgehead atoms. The highest BCUT2D eigenvalue weighted by atomic mass is 16.6. The molecule has 0 heterocycles. The third kappa shape index (κ3) is 13.3. The van der Waals surface area contributed by atoms with Crippen molar-refractivity contribution in [2.24, 2.45) is 11.8 Å². The van der Waals surface area contributed by atoms with Gasteiger partial charge in [0.1, 0.15) is 36.5 Å². The van der Waals surface area contributed by atoms with E-state index in [2.05, 4.69) is 21.3 Å². The minimum Gasteiger partial charge on any atom is -0.445 e. The van der Waals surface area contributed by atoms with Crippen LogP contribution in [0.5, 0.6) is 0 Å². The Kier molecular flexibility index (Phi) is 15.6. The average molecular weight is 719 g/mol. The smallest absolute Gasteiger partial charge is 0.408 e. The fraction of sp³-hybridized carbons (Fsp3) is 0.450. The van der Waals surface area contributed by atoms with Crippen LogP contribution in [0.15, 0.2) is 91.0 Å². The molecule has 12 heteroatoms. The van der Waals surface area contributed by atoms with E-state index in [0.29, 0.717) is 5.56 Å². The first kappa shape index (κ1) is 41.5. The molecule has 0 aliphatic heterocycles. The van der Waals surface area contributed by atoms with E-state index in [-0.39, 0.29) is 24.9 Å². The third-order valence-corrected chi connectivity index (χ3v) is 8.24. The lowest BCUT2D eigenvalue weighted by molar-refractivity contribution is -0.129. The topological polar surface area (TPSA) is 175 Å². The molecule has 0 fully saturated rings. The van der Waals surface area contributed by atoms with Crippen LogP contribution < -0.4 is 21.3 Å². The summed E-state index contributed by atoms with van der Waals surface area (Å²) in [6.45, 7) is 12.2. The van der Waals surface area contributed by atoms with E-state index in [1.807, 2.05) is 60.7 Å². The number of amides is 4. The van der Waals surface area contributed by atoms with Gasteiger partial charge >= 0.3 is 12.2 Å². The molecular weight excluding hydrogens is 664 g/mol. The van der Waals surface area contributed by atoms with Gasteiger partial charge in [0.25, 0.3) is 0 Å². The van der Waals surface area contributed by atoms with Gasteiger partial charge in [0.15, 0.2) is 0 Å². The predicted octanol–water partition coefficient (Wildman–Crippen LogP) is 4.79. The summed E-state index contributed by atoms with van der Waals surface area (Å²) in [6, 6.07) is 22.5. The Labute approximate surface area is 306 Å². The molecule has 3 aromatic rings. The zero-order valence-electron chi connectivity index (χ0n) is 31.0. The lowest BCUT2D eigenvalue weighted by atomic mass is 9.90. The lowest BCUT2D eigenvalue weighted by Crippen LogP contribution is -2.59. The van der Waals surface area contributed by atoms with Gasteiger partial charge in [-0.2, -0.15) is 0 Å². The largest absolute Gasteiger partial charge is 0.445 e. The highest BCUT2D eigenvalue weighted by molar-refractivity contribution is 5.87. The van der Waals surface area contributed by atoms with Gasteiger partial charge in [-0.1, -0.05) is 119 Å². The Balaban J connectivity index is 1.87. The lowest BCUT2D eigenvalue weighted by Gasteiger charge is -2.35. The van der Waals surface area contributed by atoms with Gasteiger partial charge in [-0.15, -0.1) is 0 Å². The molecule has 0 aromatic heterocycles. The number of carbonyl (C=O) groups is 4. The molecule has 3 aromatic carbocycles. The van der Waals surface area contributed by atoms with Gasteiger partial charge in [-0.05, 0) is 55.7 Å². The molecular formula is C40H54N4O8. The van der Waals surface area contributed by atoms with Crippen molar-refractivity contribution in [2.45, 2.75) is 103 Å². The number of carbonyl (C=O) groups excluding carboxylic acids is 4. The van der Waals surface area contributed by atoms with E-state index in [4.69, 9.17) is 9.47 Å². The molecule has 0 radical (unpaired) electrons. The summed E-state index contributed by atoms with van der Waals surface area (Å²) >= 11 is 0. The molecule has 4 amide bonds. The fourth-order valence-electron chi connectivity index (χ4n) is 5.50. The SMILES string of the molecule is CC(C)[C@H](NC(=O)OCc1ccccc1)C(=O)N[C@@H](Cc1ccccc1)[C@@H](O)[C@H](O)[C@@H](NC(=O)[C@@H](NC(=O)OC(C)(C)C)C(C)C)c1ccccc1. The number of hydrogen-bond acceptors (Lipinski definition) is 8. The molecule has 12 nitrogen and oxygen atoms in total. The predicted molar refractivity (Wildman–Crippen MR) is 198 cm³/mol. The molecule has 282 valence electrons. The van der Waals surface area contributed by atoms with E-state index in [0.717, 1.165) is 11.1 Å². The van der Waals surface area contributed by atoms with Crippen LogP contribution in [-0.4, -0.2) is 70.1 Å². The second-order valence-electron chi connectivity index (χ2n) is 14.5. The summed E-state index contributed by atoms with van der Waals surface area (Å²) in [4.78, 5) is 53.0. The van der Waals surface area contributed by atoms with Crippen molar-refractivity contribution in [1.82, 2.24) is 21.3 Å². The van der Waals surface area contributed by atoms with Crippen LogP contribution in [0.4, 0.5) is 9.59 Å². The maximum absolute atomic E-state index is 13.8. The Morgan fingerprint density at radius 1 is 0.615 bits per heavy atom. The summed E-state index contributed by atoms with van der Waals surface area (Å²) in [5.74, 6) is -1.94. The van der Waals surface area contributed by atoms with Crippen LogP contribution in [0.25, 0.3) is 0 Å². The number of rotatable bonds is 16. The van der Waals surface area contributed by atoms with E-state index in [9.17, 15) is 29.4 Å². The Morgan fingerprint density at radius 2 is 1.08 bits per heavy atom. The molecule has 0 saturated heterocycles. The van der Waals surface area contributed by atoms with Crippen molar-refractivity contribution in [3.63, 3.8) is 0 Å². The van der Waals surface area contributed by atoms with E-state index in [1.54, 1.807) is 78.8 Å².